The van der Waals surface area contributed by atoms with Crippen molar-refractivity contribution in [3.05, 3.63) is 81.9 Å². The number of likely N-dealkylation sites (tertiary alicyclic amines) is 1. The first-order chi connectivity index (χ1) is 16.9. The van der Waals surface area contributed by atoms with E-state index in [1.54, 1.807) is 31.2 Å². The van der Waals surface area contributed by atoms with E-state index in [0.717, 1.165) is 61.3 Å². The summed E-state index contributed by atoms with van der Waals surface area (Å²) >= 11 is 0. The van der Waals surface area contributed by atoms with Crippen molar-refractivity contribution < 1.29 is 14.0 Å². The fourth-order valence-electron chi connectivity index (χ4n) is 4.96. The lowest BCUT2D eigenvalue weighted by atomic mass is 10.0. The van der Waals surface area contributed by atoms with Crippen LogP contribution in [0.2, 0.25) is 0 Å². The van der Waals surface area contributed by atoms with E-state index >= 15 is 0 Å². The topological polar surface area (TPSA) is 70.5 Å². The number of aromatic nitrogens is 2. The Hall–Kier alpha value is -3.52. The van der Waals surface area contributed by atoms with Crippen molar-refractivity contribution in [1.29, 1.82) is 0 Å². The summed E-state index contributed by atoms with van der Waals surface area (Å²) in [5.41, 5.74) is 5.27. The minimum atomic E-state index is -0.447. The van der Waals surface area contributed by atoms with E-state index in [9.17, 15) is 14.0 Å². The zero-order valence-corrected chi connectivity index (χ0v) is 20.2. The van der Waals surface area contributed by atoms with Crippen LogP contribution < -0.4 is 5.32 Å². The van der Waals surface area contributed by atoms with Crippen molar-refractivity contribution in [2.24, 2.45) is 7.05 Å². The molecule has 7 nitrogen and oxygen atoms in total. The number of carbonyl (C=O) groups is 2. The fraction of sp³-hybridized carbons (Fsp3) is 0.370. The SMILES string of the molecule is Cc1ccc(NC(=O)c2ccc(CN3CCc4c(c(C(=O)N5CCCC5)nn4C)C3)cc2)c(F)c1. The molecule has 0 saturated carbocycles. The first kappa shape index (κ1) is 23.2. The van der Waals surface area contributed by atoms with Crippen molar-refractivity contribution in [2.45, 2.75) is 39.3 Å². The second-order valence-electron chi connectivity index (χ2n) is 9.49. The van der Waals surface area contributed by atoms with Crippen LogP contribution in [0, 0.1) is 12.7 Å². The van der Waals surface area contributed by atoms with Crippen LogP contribution in [0.3, 0.4) is 0 Å². The number of fused-ring (bicyclic) bond motifs is 1. The van der Waals surface area contributed by atoms with Crippen LogP contribution in [0.1, 0.15) is 56.1 Å². The predicted octanol–water partition coefficient (Wildman–Crippen LogP) is 3.91. The summed E-state index contributed by atoms with van der Waals surface area (Å²) in [7, 11) is 1.92. The van der Waals surface area contributed by atoms with Crippen molar-refractivity contribution in [1.82, 2.24) is 19.6 Å². The van der Waals surface area contributed by atoms with Crippen LogP contribution in [-0.4, -0.2) is 51.0 Å². The Bertz CT molecular complexity index is 1260. The van der Waals surface area contributed by atoms with Crippen LogP contribution in [0.5, 0.6) is 0 Å². The smallest absolute Gasteiger partial charge is 0.274 e. The minimum Gasteiger partial charge on any atom is -0.337 e. The molecule has 0 radical (unpaired) electrons. The molecule has 3 heterocycles. The lowest BCUT2D eigenvalue weighted by Gasteiger charge is -2.28. The van der Waals surface area contributed by atoms with Gasteiger partial charge in [0, 0.05) is 63.0 Å². The van der Waals surface area contributed by atoms with E-state index < -0.39 is 5.82 Å². The van der Waals surface area contributed by atoms with Crippen LogP contribution in [0.15, 0.2) is 42.5 Å². The van der Waals surface area contributed by atoms with E-state index in [4.69, 9.17) is 0 Å². The zero-order valence-electron chi connectivity index (χ0n) is 20.2. The summed E-state index contributed by atoms with van der Waals surface area (Å²) in [6.07, 6.45) is 2.95. The first-order valence-corrected chi connectivity index (χ1v) is 12.1. The van der Waals surface area contributed by atoms with E-state index in [-0.39, 0.29) is 17.5 Å². The highest BCUT2D eigenvalue weighted by Crippen LogP contribution is 2.26. The molecule has 0 bridgehead atoms. The van der Waals surface area contributed by atoms with Gasteiger partial charge in [-0.05, 0) is 55.2 Å². The largest absolute Gasteiger partial charge is 0.337 e. The Labute approximate surface area is 204 Å². The highest BCUT2D eigenvalue weighted by molar-refractivity contribution is 6.04. The Morgan fingerprint density at radius 1 is 1.06 bits per heavy atom. The molecule has 2 aromatic carbocycles. The van der Waals surface area contributed by atoms with Crippen molar-refractivity contribution in [3.8, 4) is 0 Å². The second-order valence-corrected chi connectivity index (χ2v) is 9.49. The fourth-order valence-corrected chi connectivity index (χ4v) is 4.96. The van der Waals surface area contributed by atoms with E-state index in [2.05, 4.69) is 15.3 Å². The normalized spacial score (nSPS) is 15.8. The number of aryl methyl sites for hydroxylation is 2. The monoisotopic (exact) mass is 475 g/mol. The maximum Gasteiger partial charge on any atom is 0.274 e. The predicted molar refractivity (Wildman–Crippen MR) is 132 cm³/mol. The van der Waals surface area contributed by atoms with Crippen LogP contribution >= 0.6 is 0 Å². The molecule has 2 aliphatic rings. The molecule has 1 aromatic heterocycles. The molecule has 0 atom stereocenters. The molecule has 2 amide bonds. The maximum absolute atomic E-state index is 14.1. The minimum absolute atomic E-state index is 0.0431. The van der Waals surface area contributed by atoms with Crippen molar-refractivity contribution in [3.63, 3.8) is 0 Å². The summed E-state index contributed by atoms with van der Waals surface area (Å²) in [5, 5.41) is 7.22. The van der Waals surface area contributed by atoms with Crippen molar-refractivity contribution in [2.75, 3.05) is 25.0 Å². The molecule has 1 fully saturated rings. The highest BCUT2D eigenvalue weighted by Gasteiger charge is 2.30. The van der Waals surface area contributed by atoms with Gasteiger partial charge < -0.3 is 10.2 Å². The van der Waals surface area contributed by atoms with Gasteiger partial charge in [-0.25, -0.2) is 4.39 Å². The number of nitrogens with one attached hydrogen (secondary N) is 1. The average molecular weight is 476 g/mol. The van der Waals surface area contributed by atoms with Gasteiger partial charge in [0.15, 0.2) is 5.69 Å². The van der Waals surface area contributed by atoms with Gasteiger partial charge >= 0.3 is 0 Å². The van der Waals surface area contributed by atoms with Crippen LogP contribution in [0.25, 0.3) is 0 Å². The molecule has 3 aromatic rings. The second kappa shape index (κ2) is 9.62. The number of hydrogen-bond donors (Lipinski definition) is 1. The molecule has 2 aliphatic heterocycles. The van der Waals surface area contributed by atoms with Gasteiger partial charge in [-0.15, -0.1) is 0 Å². The van der Waals surface area contributed by atoms with Gasteiger partial charge in [0.25, 0.3) is 11.8 Å². The Kier molecular flexibility index (Phi) is 6.38. The molecule has 0 aliphatic carbocycles. The van der Waals surface area contributed by atoms with Crippen LogP contribution in [0.4, 0.5) is 10.1 Å². The number of benzene rings is 2. The summed E-state index contributed by atoms with van der Waals surface area (Å²) in [6, 6.07) is 12.1. The lowest BCUT2D eigenvalue weighted by molar-refractivity contribution is 0.0783. The first-order valence-electron chi connectivity index (χ1n) is 12.1. The Balaban J connectivity index is 1.25. The highest BCUT2D eigenvalue weighted by atomic mass is 19.1. The number of rotatable bonds is 5. The molecule has 5 rings (SSSR count). The molecule has 1 N–H and O–H groups in total. The summed E-state index contributed by atoms with van der Waals surface area (Å²) in [4.78, 5) is 29.8. The number of halogens is 1. The molecular weight excluding hydrogens is 445 g/mol. The molecule has 182 valence electrons. The number of hydrogen-bond acceptors (Lipinski definition) is 4. The summed E-state index contributed by atoms with van der Waals surface area (Å²) in [5.74, 6) is -0.749. The quantitative estimate of drug-likeness (QED) is 0.607. The standard InChI is InChI=1S/C27H30FN5O2/c1-18-5-10-23(22(28)15-18)29-26(34)20-8-6-19(7-9-20)16-32-14-11-24-21(17-32)25(30-31(24)2)27(35)33-12-3-4-13-33/h5-10,15H,3-4,11-14,16-17H2,1-2H3,(H,29,34). The third-order valence-corrected chi connectivity index (χ3v) is 6.91. The van der Waals surface area contributed by atoms with E-state index in [1.807, 2.05) is 28.8 Å². The van der Waals surface area contributed by atoms with Gasteiger partial charge in [0.1, 0.15) is 5.82 Å². The van der Waals surface area contributed by atoms with Gasteiger partial charge in [0.2, 0.25) is 0 Å². The van der Waals surface area contributed by atoms with E-state index in [0.29, 0.717) is 24.3 Å². The average Bonchev–Trinajstić information content (AvgIpc) is 3.49. The Morgan fingerprint density at radius 2 is 1.80 bits per heavy atom. The van der Waals surface area contributed by atoms with Crippen molar-refractivity contribution >= 4 is 17.5 Å². The molecule has 0 spiro atoms. The number of amides is 2. The number of nitrogens with zero attached hydrogens (tertiary/aromatic N) is 4. The van der Waals surface area contributed by atoms with Gasteiger partial charge in [0.05, 0.1) is 5.69 Å². The lowest BCUT2D eigenvalue weighted by Crippen LogP contribution is -2.33. The zero-order chi connectivity index (χ0) is 24.5. The van der Waals surface area contributed by atoms with Gasteiger partial charge in [-0.2, -0.15) is 5.10 Å². The molecule has 35 heavy (non-hydrogen) atoms. The molecule has 8 heteroatoms. The summed E-state index contributed by atoms with van der Waals surface area (Å²) in [6.45, 7) is 5.68. The molecule has 1 saturated heterocycles. The van der Waals surface area contributed by atoms with Crippen LogP contribution in [-0.2, 0) is 26.6 Å². The summed E-state index contributed by atoms with van der Waals surface area (Å²) < 4.78 is 15.9. The Morgan fingerprint density at radius 3 is 2.51 bits per heavy atom. The maximum atomic E-state index is 14.1. The number of carbonyl (C=O) groups excluding carboxylic acids is 2. The van der Waals surface area contributed by atoms with E-state index in [1.165, 1.54) is 6.07 Å². The third kappa shape index (κ3) is 4.84. The third-order valence-electron chi connectivity index (χ3n) is 6.91. The molecular formula is C27H30FN5O2. The van der Waals surface area contributed by atoms with Gasteiger partial charge in [-0.3, -0.25) is 19.2 Å². The van der Waals surface area contributed by atoms with Gasteiger partial charge in [-0.1, -0.05) is 18.2 Å². The number of anilines is 1. The molecule has 0 unspecified atom stereocenters.